The van der Waals surface area contributed by atoms with Crippen molar-refractivity contribution in [2.45, 2.75) is 30.6 Å². The predicted octanol–water partition coefficient (Wildman–Crippen LogP) is 5.26. The fourth-order valence-corrected chi connectivity index (χ4v) is 4.05. The minimum absolute atomic E-state index is 0.286. The maximum atomic E-state index is 12.9. The Hall–Kier alpha value is -4.37. The molecule has 0 fully saturated rings. The third-order valence-corrected chi connectivity index (χ3v) is 6.25. The number of hydrogen-bond donors (Lipinski definition) is 2. The summed E-state index contributed by atoms with van der Waals surface area (Å²) in [4.78, 5) is 27.5. The van der Waals surface area contributed by atoms with Crippen molar-refractivity contribution in [1.82, 2.24) is 0 Å². The van der Waals surface area contributed by atoms with Gasteiger partial charge in [0.2, 0.25) is 0 Å². The molecular formula is C22H20ClFN4O9S. The number of nitrogen functional groups attached to an aromatic ring is 1. The van der Waals surface area contributed by atoms with Gasteiger partial charge in [-0.3, -0.25) is 30.3 Å². The largest absolute Gasteiger partial charge is 0.497 e. The Kier molecular flexibility index (Phi) is 10.0. The van der Waals surface area contributed by atoms with Crippen LogP contribution in [0.2, 0.25) is 5.02 Å². The summed E-state index contributed by atoms with van der Waals surface area (Å²) in [6.07, 6.45) is 3.27. The average Bonchev–Trinajstić information content (AvgIpc) is 2.82. The normalized spacial score (nSPS) is 10.8. The van der Waals surface area contributed by atoms with E-state index >= 15 is 0 Å². The Morgan fingerprint density at radius 2 is 1.45 bits per heavy atom. The number of nitrogens with zero attached hydrogens (tertiary/aromatic N) is 3. The average molecular weight is 571 g/mol. The van der Waals surface area contributed by atoms with Gasteiger partial charge in [-0.25, -0.2) is 0 Å². The quantitative estimate of drug-likeness (QED) is 0.112. The zero-order valence-electron chi connectivity index (χ0n) is 19.3. The molecule has 0 aliphatic carbocycles. The van der Waals surface area contributed by atoms with E-state index in [2.05, 4.69) is 0 Å². The van der Waals surface area contributed by atoms with Crippen LogP contribution in [-0.4, -0.2) is 28.3 Å². The summed E-state index contributed by atoms with van der Waals surface area (Å²) >= 11 is 6.11. The second-order valence-electron chi connectivity index (χ2n) is 7.75. The first-order valence-corrected chi connectivity index (χ1v) is 12.3. The van der Waals surface area contributed by atoms with Gasteiger partial charge in [-0.1, -0.05) is 29.8 Å². The second kappa shape index (κ2) is 12.7. The highest BCUT2D eigenvalue weighted by Gasteiger charge is 2.30. The SMILES string of the molecule is Nc1ccc(CCCCc2cccc(S(=O)(=O)F)c2)c(Cl)c1.O=[N+]([O-])c1cc([N+](=O)[O-])c(O)c([N+](=O)[O-])c1. The van der Waals surface area contributed by atoms with Crippen LogP contribution < -0.4 is 5.73 Å². The third kappa shape index (κ3) is 8.35. The number of benzene rings is 3. The summed E-state index contributed by atoms with van der Waals surface area (Å²) in [5, 5.41) is 40.9. The molecule has 0 saturated heterocycles. The standard InChI is InChI=1S/C16H17ClFNO2S.C6H3N3O7/c17-16-11-14(19)9-8-13(16)6-2-1-4-12-5-3-7-15(10-12)22(18,20)21;10-6-4(8(13)14)1-3(7(11)12)2-5(6)9(15)16/h3,5,7-11H,1-2,4,6,19H2;1-2,10H. The number of unbranched alkanes of at least 4 members (excludes halogenated alkanes) is 1. The summed E-state index contributed by atoms with van der Waals surface area (Å²) < 4.78 is 34.7. The molecule has 0 amide bonds. The number of nitro groups is 3. The minimum atomic E-state index is -4.64. The highest BCUT2D eigenvalue weighted by atomic mass is 35.5. The highest BCUT2D eigenvalue weighted by Crippen LogP contribution is 2.39. The first kappa shape index (κ1) is 29.9. The van der Waals surface area contributed by atoms with Gasteiger partial charge < -0.3 is 10.8 Å². The first-order chi connectivity index (χ1) is 17.7. The third-order valence-electron chi connectivity index (χ3n) is 5.08. The molecule has 3 rings (SSSR count). The molecule has 0 aliphatic heterocycles. The maximum Gasteiger partial charge on any atom is 0.332 e. The molecule has 0 spiro atoms. The molecule has 0 aromatic heterocycles. The predicted molar refractivity (Wildman–Crippen MR) is 135 cm³/mol. The number of rotatable bonds is 9. The molecule has 16 heteroatoms. The lowest BCUT2D eigenvalue weighted by atomic mass is 10.0. The van der Waals surface area contributed by atoms with E-state index in [4.69, 9.17) is 22.4 Å². The Morgan fingerprint density at radius 3 is 1.95 bits per heavy atom. The summed E-state index contributed by atoms with van der Waals surface area (Å²) in [7, 11) is -4.64. The zero-order valence-corrected chi connectivity index (χ0v) is 20.9. The second-order valence-corrected chi connectivity index (χ2v) is 9.50. The van der Waals surface area contributed by atoms with Crippen molar-refractivity contribution in [2.75, 3.05) is 5.73 Å². The van der Waals surface area contributed by atoms with E-state index in [0.29, 0.717) is 29.3 Å². The van der Waals surface area contributed by atoms with Crippen LogP contribution in [0.1, 0.15) is 24.0 Å². The van der Waals surface area contributed by atoms with Crippen LogP contribution in [0.3, 0.4) is 0 Å². The van der Waals surface area contributed by atoms with E-state index < -0.39 is 47.8 Å². The Bertz CT molecular complexity index is 1450. The molecule has 202 valence electrons. The lowest BCUT2D eigenvalue weighted by molar-refractivity contribution is -0.404. The molecule has 3 aromatic carbocycles. The van der Waals surface area contributed by atoms with Gasteiger partial charge in [0.15, 0.2) is 0 Å². The molecule has 13 nitrogen and oxygen atoms in total. The van der Waals surface area contributed by atoms with E-state index in [-0.39, 0.29) is 4.90 Å². The van der Waals surface area contributed by atoms with Crippen molar-refractivity contribution in [2.24, 2.45) is 0 Å². The number of aromatic hydroxyl groups is 1. The molecule has 0 heterocycles. The van der Waals surface area contributed by atoms with E-state index in [9.17, 15) is 42.6 Å². The van der Waals surface area contributed by atoms with Gasteiger partial charge in [0.05, 0.1) is 31.8 Å². The van der Waals surface area contributed by atoms with E-state index in [1.807, 2.05) is 12.1 Å². The van der Waals surface area contributed by atoms with Crippen molar-refractivity contribution in [1.29, 1.82) is 0 Å². The van der Waals surface area contributed by atoms with Crippen molar-refractivity contribution >= 4 is 44.6 Å². The number of hydrogen-bond acceptors (Lipinski definition) is 10. The van der Waals surface area contributed by atoms with Crippen LogP contribution in [0.4, 0.5) is 26.6 Å². The number of nitrogens with two attached hydrogens (primary N) is 1. The summed E-state index contributed by atoms with van der Waals surface area (Å²) in [6, 6.07) is 12.3. The van der Waals surface area contributed by atoms with Gasteiger partial charge in [-0.05, 0) is 61.1 Å². The molecule has 0 radical (unpaired) electrons. The summed E-state index contributed by atoms with van der Waals surface area (Å²) in [5.41, 5.74) is 5.12. The van der Waals surface area contributed by atoms with Gasteiger partial charge in [-0.15, -0.1) is 3.89 Å². The van der Waals surface area contributed by atoms with Crippen molar-refractivity contribution in [3.8, 4) is 5.75 Å². The topological polar surface area (TPSA) is 210 Å². The van der Waals surface area contributed by atoms with Crippen molar-refractivity contribution < 1.29 is 32.2 Å². The number of aryl methyl sites for hydroxylation is 2. The zero-order chi connectivity index (χ0) is 28.6. The Labute approximate surface area is 219 Å². The molecular weight excluding hydrogens is 551 g/mol. The first-order valence-electron chi connectivity index (χ1n) is 10.6. The van der Waals surface area contributed by atoms with Crippen LogP contribution >= 0.6 is 11.6 Å². The van der Waals surface area contributed by atoms with Crippen LogP contribution in [-0.2, 0) is 23.1 Å². The number of anilines is 1. The van der Waals surface area contributed by atoms with Crippen LogP contribution in [0, 0.1) is 30.3 Å². The number of non-ortho nitro benzene ring substituents is 1. The van der Waals surface area contributed by atoms with Crippen LogP contribution in [0.5, 0.6) is 5.75 Å². The van der Waals surface area contributed by atoms with Crippen molar-refractivity contribution in [3.05, 3.63) is 101 Å². The molecule has 0 atom stereocenters. The lowest BCUT2D eigenvalue weighted by Gasteiger charge is -2.06. The minimum Gasteiger partial charge on any atom is -0.497 e. The number of phenols is 1. The van der Waals surface area contributed by atoms with Crippen LogP contribution in [0.25, 0.3) is 0 Å². The number of nitro benzene ring substituents is 3. The fraction of sp³-hybridized carbons (Fsp3) is 0.182. The molecule has 0 unspecified atom stereocenters. The summed E-state index contributed by atoms with van der Waals surface area (Å²) in [6.45, 7) is 0. The fourth-order valence-electron chi connectivity index (χ4n) is 3.24. The number of phenolic OH excluding ortho intramolecular Hbond substituents is 1. The molecule has 0 aliphatic rings. The molecule has 3 aromatic rings. The Morgan fingerprint density at radius 1 is 0.868 bits per heavy atom. The highest BCUT2D eigenvalue weighted by molar-refractivity contribution is 7.86. The van der Waals surface area contributed by atoms with E-state index in [1.165, 1.54) is 12.1 Å². The molecule has 3 N–H and O–H groups in total. The molecule has 0 bridgehead atoms. The Balaban J connectivity index is 0.000000281. The van der Waals surface area contributed by atoms with Crippen molar-refractivity contribution in [3.63, 3.8) is 0 Å². The van der Waals surface area contributed by atoms with Gasteiger partial charge in [0, 0.05) is 10.7 Å². The lowest BCUT2D eigenvalue weighted by Crippen LogP contribution is -1.97. The summed E-state index contributed by atoms with van der Waals surface area (Å²) in [5.74, 6) is -1.21. The van der Waals surface area contributed by atoms with Crippen LogP contribution in [0.15, 0.2) is 59.5 Å². The van der Waals surface area contributed by atoms with E-state index in [1.54, 1.807) is 18.2 Å². The molecule has 0 saturated carbocycles. The van der Waals surface area contributed by atoms with E-state index in [0.717, 1.165) is 30.4 Å². The van der Waals surface area contributed by atoms with Gasteiger partial charge >= 0.3 is 21.6 Å². The maximum absolute atomic E-state index is 12.9. The monoisotopic (exact) mass is 570 g/mol. The van der Waals surface area contributed by atoms with Gasteiger partial charge in [0.1, 0.15) is 0 Å². The van der Waals surface area contributed by atoms with Gasteiger partial charge in [-0.2, -0.15) is 8.42 Å². The number of halogens is 2. The molecule has 38 heavy (non-hydrogen) atoms. The van der Waals surface area contributed by atoms with Gasteiger partial charge in [0.25, 0.3) is 11.4 Å². The smallest absolute Gasteiger partial charge is 0.332 e.